The topological polar surface area (TPSA) is 48.7 Å². The number of nitrogens with one attached hydrogen (secondary N) is 1. The molecule has 27 heavy (non-hydrogen) atoms. The monoisotopic (exact) mass is 502 g/mol. The van der Waals surface area contributed by atoms with E-state index in [0.29, 0.717) is 18.4 Å². The highest BCUT2D eigenvalue weighted by Crippen LogP contribution is 2.30. The lowest BCUT2D eigenvalue weighted by atomic mass is 10.2. The van der Waals surface area contributed by atoms with Crippen molar-refractivity contribution < 1.29 is 13.2 Å². The Morgan fingerprint density at radius 3 is 2.41 bits per heavy atom. The summed E-state index contributed by atoms with van der Waals surface area (Å²) in [6.07, 6.45) is -3.08. The molecule has 6 nitrogen and oxygen atoms in total. The van der Waals surface area contributed by atoms with E-state index in [9.17, 15) is 13.2 Å². The molecule has 2 heterocycles. The number of piperazine rings is 1. The summed E-state index contributed by atoms with van der Waals surface area (Å²) in [6, 6.07) is 0. The van der Waals surface area contributed by atoms with Gasteiger partial charge in [-0.25, -0.2) is 4.99 Å². The average Bonchev–Trinajstić information content (AvgIpc) is 2.93. The lowest BCUT2D eigenvalue weighted by Gasteiger charge is -2.37. The number of hydrogen-bond acceptors (Lipinski definition) is 3. The van der Waals surface area contributed by atoms with Gasteiger partial charge in [0.15, 0.2) is 11.7 Å². The summed E-state index contributed by atoms with van der Waals surface area (Å²) in [7, 11) is 1.49. The number of alkyl halides is 3. The normalized spacial score (nSPS) is 16.6. The van der Waals surface area contributed by atoms with Crippen LogP contribution in [0.3, 0.4) is 0 Å². The molecule has 10 heteroatoms. The van der Waals surface area contributed by atoms with Crippen molar-refractivity contribution in [2.24, 2.45) is 18.0 Å². The molecule has 0 spiro atoms. The van der Waals surface area contributed by atoms with Crippen LogP contribution in [0.2, 0.25) is 0 Å². The molecule has 1 aliphatic heterocycles. The molecule has 156 valence electrons. The lowest BCUT2D eigenvalue weighted by Crippen LogP contribution is -2.53. The summed E-state index contributed by atoms with van der Waals surface area (Å²) in [6.45, 7) is 11.5. The number of rotatable bonds is 5. The third-order valence-corrected chi connectivity index (χ3v) is 4.20. The van der Waals surface area contributed by atoms with E-state index in [1.165, 1.54) is 17.9 Å². The van der Waals surface area contributed by atoms with Gasteiger partial charge in [-0.15, -0.1) is 24.0 Å². The zero-order valence-corrected chi connectivity index (χ0v) is 18.7. The second-order valence-electron chi connectivity index (χ2n) is 7.03. The number of aromatic nitrogens is 2. The standard InChI is InChI=1S/C17H29F3N6.HI/c1-5-21-16(26-8-6-25(7-9-26)11-13(2)3)22-10-14-12-24(4)23-15(14)17(18,19)20;/h12-13H,5-11H2,1-4H3,(H,21,22);1H. The first-order valence-corrected chi connectivity index (χ1v) is 9.06. The van der Waals surface area contributed by atoms with Crippen LogP contribution in [0.25, 0.3) is 0 Å². The maximum absolute atomic E-state index is 13.1. The first-order chi connectivity index (χ1) is 12.2. The second-order valence-corrected chi connectivity index (χ2v) is 7.03. The van der Waals surface area contributed by atoms with Gasteiger partial charge in [0.2, 0.25) is 0 Å². The zero-order chi connectivity index (χ0) is 19.3. The number of hydrogen-bond donors (Lipinski definition) is 1. The van der Waals surface area contributed by atoms with Gasteiger partial charge in [0, 0.05) is 58.1 Å². The molecule has 0 amide bonds. The second kappa shape index (κ2) is 10.5. The van der Waals surface area contributed by atoms with Crippen molar-refractivity contribution in [2.45, 2.75) is 33.5 Å². The summed E-state index contributed by atoms with van der Waals surface area (Å²) in [4.78, 5) is 8.97. The fourth-order valence-electron chi connectivity index (χ4n) is 3.14. The third kappa shape index (κ3) is 7.13. The minimum absolute atomic E-state index is 0. The Hall–Kier alpha value is -1.04. The summed E-state index contributed by atoms with van der Waals surface area (Å²) in [5.74, 6) is 1.28. The molecule has 0 aromatic carbocycles. The SMILES string of the molecule is CCNC(=NCc1cn(C)nc1C(F)(F)F)N1CCN(CC(C)C)CC1.I. The Morgan fingerprint density at radius 1 is 1.26 bits per heavy atom. The maximum Gasteiger partial charge on any atom is 0.435 e. The molecule has 1 aromatic rings. The summed E-state index contributed by atoms with van der Waals surface area (Å²) >= 11 is 0. The van der Waals surface area contributed by atoms with E-state index in [-0.39, 0.29) is 36.1 Å². The van der Waals surface area contributed by atoms with Crippen LogP contribution >= 0.6 is 24.0 Å². The summed E-state index contributed by atoms with van der Waals surface area (Å²) in [5, 5.41) is 6.73. The van der Waals surface area contributed by atoms with Crippen LogP contribution in [-0.2, 0) is 19.8 Å². The van der Waals surface area contributed by atoms with E-state index < -0.39 is 11.9 Å². The highest BCUT2D eigenvalue weighted by atomic mass is 127. The quantitative estimate of drug-likeness (QED) is 0.383. The van der Waals surface area contributed by atoms with Gasteiger partial charge in [0.25, 0.3) is 0 Å². The predicted molar refractivity (Wildman–Crippen MR) is 111 cm³/mol. The molecule has 1 N–H and O–H groups in total. The van der Waals surface area contributed by atoms with Crippen molar-refractivity contribution in [1.29, 1.82) is 0 Å². The van der Waals surface area contributed by atoms with Gasteiger partial charge in [0.05, 0.1) is 6.54 Å². The molecule has 1 fully saturated rings. The lowest BCUT2D eigenvalue weighted by molar-refractivity contribution is -0.142. The fourth-order valence-corrected chi connectivity index (χ4v) is 3.14. The van der Waals surface area contributed by atoms with E-state index in [0.717, 1.165) is 32.7 Å². The number of halogens is 4. The average molecular weight is 502 g/mol. The minimum Gasteiger partial charge on any atom is -0.357 e. The van der Waals surface area contributed by atoms with Crippen molar-refractivity contribution in [3.8, 4) is 0 Å². The smallest absolute Gasteiger partial charge is 0.357 e. The first kappa shape index (κ1) is 24.0. The minimum atomic E-state index is -4.47. The van der Waals surface area contributed by atoms with E-state index in [1.54, 1.807) is 0 Å². The number of nitrogens with zero attached hydrogens (tertiary/aromatic N) is 5. The molecule has 0 radical (unpaired) electrons. The number of guanidine groups is 1. The van der Waals surface area contributed by atoms with Crippen molar-refractivity contribution >= 4 is 29.9 Å². The molecular weight excluding hydrogens is 472 g/mol. The van der Waals surface area contributed by atoms with Crippen LogP contribution in [0.4, 0.5) is 13.2 Å². The van der Waals surface area contributed by atoms with Crippen molar-refractivity contribution in [2.75, 3.05) is 39.3 Å². The first-order valence-electron chi connectivity index (χ1n) is 9.06. The van der Waals surface area contributed by atoms with E-state index in [2.05, 4.69) is 39.1 Å². The summed E-state index contributed by atoms with van der Waals surface area (Å²) < 4.78 is 40.4. The molecule has 0 aliphatic carbocycles. The van der Waals surface area contributed by atoms with Crippen LogP contribution in [0.5, 0.6) is 0 Å². The molecule has 1 saturated heterocycles. The van der Waals surface area contributed by atoms with E-state index in [1.807, 2.05) is 6.92 Å². The molecular formula is C17H30F3IN6. The molecule has 1 aliphatic rings. The molecule has 2 rings (SSSR count). The van der Waals surface area contributed by atoms with E-state index >= 15 is 0 Å². The van der Waals surface area contributed by atoms with Crippen LogP contribution < -0.4 is 5.32 Å². The molecule has 1 aromatic heterocycles. The number of aryl methyl sites for hydroxylation is 1. The third-order valence-electron chi connectivity index (χ3n) is 4.20. The van der Waals surface area contributed by atoms with Crippen molar-refractivity contribution in [3.63, 3.8) is 0 Å². The zero-order valence-electron chi connectivity index (χ0n) is 16.4. The Labute approximate surface area is 176 Å². The summed E-state index contributed by atoms with van der Waals surface area (Å²) in [5.41, 5.74) is -0.768. The van der Waals surface area contributed by atoms with Gasteiger partial charge in [-0.3, -0.25) is 9.58 Å². The molecule has 0 unspecified atom stereocenters. The molecule has 0 bridgehead atoms. The fraction of sp³-hybridized carbons (Fsp3) is 0.765. The van der Waals surface area contributed by atoms with Crippen LogP contribution in [0, 0.1) is 5.92 Å². The Morgan fingerprint density at radius 2 is 1.89 bits per heavy atom. The van der Waals surface area contributed by atoms with Gasteiger partial charge in [-0.1, -0.05) is 13.8 Å². The highest BCUT2D eigenvalue weighted by Gasteiger charge is 2.36. The van der Waals surface area contributed by atoms with Crippen LogP contribution in [-0.4, -0.2) is 64.8 Å². The largest absolute Gasteiger partial charge is 0.435 e. The van der Waals surface area contributed by atoms with Crippen molar-refractivity contribution in [1.82, 2.24) is 24.9 Å². The van der Waals surface area contributed by atoms with Crippen molar-refractivity contribution in [3.05, 3.63) is 17.5 Å². The van der Waals surface area contributed by atoms with Gasteiger partial charge >= 0.3 is 6.18 Å². The molecule has 0 atom stereocenters. The van der Waals surface area contributed by atoms with Crippen LogP contribution in [0.15, 0.2) is 11.2 Å². The highest BCUT2D eigenvalue weighted by molar-refractivity contribution is 14.0. The maximum atomic E-state index is 13.1. The Balaban J connectivity index is 0.00000364. The van der Waals surface area contributed by atoms with Gasteiger partial charge < -0.3 is 10.2 Å². The Bertz CT molecular complexity index is 606. The predicted octanol–water partition coefficient (Wildman–Crippen LogP) is 2.80. The number of aliphatic imine (C=N–C) groups is 1. The van der Waals surface area contributed by atoms with Gasteiger partial charge in [0.1, 0.15) is 0 Å². The van der Waals surface area contributed by atoms with Crippen LogP contribution in [0.1, 0.15) is 32.0 Å². The van der Waals surface area contributed by atoms with Gasteiger partial charge in [-0.2, -0.15) is 18.3 Å². The van der Waals surface area contributed by atoms with E-state index in [4.69, 9.17) is 0 Å². The Kier molecular flexibility index (Phi) is 9.32. The van der Waals surface area contributed by atoms with Gasteiger partial charge in [-0.05, 0) is 12.8 Å². The molecule has 0 saturated carbocycles.